The number of nitrogens with zero attached hydrogens (tertiary/aromatic N) is 1. The topological polar surface area (TPSA) is 62.2 Å². The lowest BCUT2D eigenvalue weighted by Gasteiger charge is -2.01. The fourth-order valence-corrected chi connectivity index (χ4v) is 2.08. The van der Waals surface area contributed by atoms with Crippen LogP contribution in [-0.4, -0.2) is 22.6 Å². The average molecular weight is 272 g/mol. The maximum Gasteiger partial charge on any atom is 0.257 e. The minimum Gasteiger partial charge on any atom is -0.384 e. The first-order valence-corrected chi connectivity index (χ1v) is 6.44. The van der Waals surface area contributed by atoms with Crippen LogP contribution in [0.2, 0.25) is 0 Å². The summed E-state index contributed by atoms with van der Waals surface area (Å²) in [5.74, 6) is 5.07. The van der Waals surface area contributed by atoms with Gasteiger partial charge in [-0.2, -0.15) is 0 Å². The lowest BCUT2D eigenvalue weighted by atomic mass is 10.1. The molecule has 1 aromatic heterocycles. The fourth-order valence-electron chi connectivity index (χ4n) is 1.39. The summed E-state index contributed by atoms with van der Waals surface area (Å²) in [6, 6.07) is 7.30. The third-order valence-corrected chi connectivity index (χ3v) is 3.16. The molecule has 0 radical (unpaired) electrons. The Morgan fingerprint density at radius 3 is 2.84 bits per heavy atom. The number of thiazole rings is 1. The number of aliphatic hydroxyl groups is 1. The number of carbonyl (C=O) groups is 1. The lowest BCUT2D eigenvalue weighted by Crippen LogP contribution is -2.11. The molecule has 0 unspecified atom stereocenters. The third-order valence-electron chi connectivity index (χ3n) is 2.33. The molecule has 1 aromatic carbocycles. The van der Waals surface area contributed by atoms with Crippen LogP contribution < -0.4 is 5.32 Å². The Hall–Kier alpha value is -2.16. The van der Waals surface area contributed by atoms with Crippen molar-refractivity contribution < 1.29 is 9.90 Å². The van der Waals surface area contributed by atoms with E-state index in [4.69, 9.17) is 5.11 Å². The van der Waals surface area contributed by atoms with Gasteiger partial charge in [0.1, 0.15) is 6.61 Å². The van der Waals surface area contributed by atoms with Gasteiger partial charge in [0, 0.05) is 5.56 Å². The molecule has 2 N–H and O–H groups in total. The standard InChI is InChI=1S/C14H12N2O2S/c1-10-4-6-11(7-5-10)13(18)16-14-15-9-12(19-14)3-2-8-17/h4-7,9,17H,8H2,1H3,(H,15,16,18). The second-order valence-corrected chi connectivity index (χ2v) is 4.84. The van der Waals surface area contributed by atoms with Gasteiger partial charge in [-0.3, -0.25) is 10.1 Å². The molecule has 4 nitrogen and oxygen atoms in total. The van der Waals surface area contributed by atoms with Crippen LogP contribution in [-0.2, 0) is 0 Å². The highest BCUT2D eigenvalue weighted by atomic mass is 32.1. The van der Waals surface area contributed by atoms with Crippen LogP contribution in [0.3, 0.4) is 0 Å². The molecule has 0 aliphatic carbocycles. The summed E-state index contributed by atoms with van der Waals surface area (Å²) < 4.78 is 0. The number of rotatable bonds is 2. The normalized spacial score (nSPS) is 9.58. The van der Waals surface area contributed by atoms with E-state index in [1.165, 1.54) is 11.3 Å². The Bertz CT molecular complexity index is 635. The van der Waals surface area contributed by atoms with Gasteiger partial charge in [0.2, 0.25) is 0 Å². The molecular weight excluding hydrogens is 260 g/mol. The van der Waals surface area contributed by atoms with Gasteiger partial charge in [-0.25, -0.2) is 4.98 Å². The van der Waals surface area contributed by atoms with Crippen LogP contribution >= 0.6 is 11.3 Å². The number of anilines is 1. The molecule has 5 heteroatoms. The van der Waals surface area contributed by atoms with Crippen LogP contribution in [0.25, 0.3) is 0 Å². The zero-order chi connectivity index (χ0) is 13.7. The lowest BCUT2D eigenvalue weighted by molar-refractivity contribution is 0.102. The molecule has 0 spiro atoms. The predicted octanol–water partition coefficient (Wildman–Crippen LogP) is 2.05. The van der Waals surface area contributed by atoms with E-state index in [0.717, 1.165) is 5.56 Å². The molecule has 0 aliphatic rings. The SMILES string of the molecule is Cc1ccc(C(=O)Nc2ncc(C#CCO)s2)cc1. The summed E-state index contributed by atoms with van der Waals surface area (Å²) in [4.78, 5) is 16.7. The summed E-state index contributed by atoms with van der Waals surface area (Å²) in [5, 5.41) is 11.8. The number of hydrogen-bond acceptors (Lipinski definition) is 4. The van der Waals surface area contributed by atoms with Crippen molar-refractivity contribution in [2.24, 2.45) is 0 Å². The number of nitrogens with one attached hydrogen (secondary N) is 1. The zero-order valence-electron chi connectivity index (χ0n) is 10.3. The van der Waals surface area contributed by atoms with E-state index in [9.17, 15) is 4.79 Å². The van der Waals surface area contributed by atoms with E-state index in [0.29, 0.717) is 15.6 Å². The number of benzene rings is 1. The van der Waals surface area contributed by atoms with Gasteiger partial charge >= 0.3 is 0 Å². The quantitative estimate of drug-likeness (QED) is 0.822. The first kappa shape index (κ1) is 13.3. The first-order valence-electron chi connectivity index (χ1n) is 5.62. The van der Waals surface area contributed by atoms with E-state index in [1.54, 1.807) is 18.3 Å². The molecule has 0 atom stereocenters. The van der Waals surface area contributed by atoms with Gasteiger partial charge in [0.15, 0.2) is 5.13 Å². The average Bonchev–Trinajstić information content (AvgIpc) is 2.84. The van der Waals surface area contributed by atoms with Crippen molar-refractivity contribution in [2.75, 3.05) is 11.9 Å². The van der Waals surface area contributed by atoms with Crippen molar-refractivity contribution in [1.29, 1.82) is 0 Å². The van der Waals surface area contributed by atoms with Crippen molar-refractivity contribution in [2.45, 2.75) is 6.92 Å². The van der Waals surface area contributed by atoms with Crippen molar-refractivity contribution in [3.05, 3.63) is 46.5 Å². The van der Waals surface area contributed by atoms with E-state index >= 15 is 0 Å². The monoisotopic (exact) mass is 272 g/mol. The van der Waals surface area contributed by atoms with Crippen LogP contribution in [0.1, 0.15) is 20.8 Å². The van der Waals surface area contributed by atoms with Crippen molar-refractivity contribution in [1.82, 2.24) is 4.98 Å². The minimum absolute atomic E-state index is 0.192. The Morgan fingerprint density at radius 2 is 2.16 bits per heavy atom. The summed E-state index contributed by atoms with van der Waals surface area (Å²) in [7, 11) is 0. The highest BCUT2D eigenvalue weighted by Crippen LogP contribution is 2.18. The fraction of sp³-hybridized carbons (Fsp3) is 0.143. The van der Waals surface area contributed by atoms with Crippen LogP contribution in [0.5, 0.6) is 0 Å². The third kappa shape index (κ3) is 3.65. The molecule has 1 amide bonds. The van der Waals surface area contributed by atoms with Gasteiger partial charge in [-0.05, 0) is 19.1 Å². The van der Waals surface area contributed by atoms with Gasteiger partial charge in [-0.1, -0.05) is 40.9 Å². The van der Waals surface area contributed by atoms with Gasteiger partial charge < -0.3 is 5.11 Å². The van der Waals surface area contributed by atoms with Crippen LogP contribution in [0.4, 0.5) is 5.13 Å². The van der Waals surface area contributed by atoms with Crippen molar-refractivity contribution in [3.8, 4) is 11.8 Å². The second-order valence-electron chi connectivity index (χ2n) is 3.81. The van der Waals surface area contributed by atoms with E-state index in [1.807, 2.05) is 19.1 Å². The molecule has 1 heterocycles. The van der Waals surface area contributed by atoms with Gasteiger partial charge in [0.25, 0.3) is 5.91 Å². The Balaban J connectivity index is 2.06. The summed E-state index contributed by atoms with van der Waals surface area (Å²) >= 11 is 1.27. The molecule has 0 saturated carbocycles. The molecule has 2 rings (SSSR count). The van der Waals surface area contributed by atoms with Gasteiger partial charge in [-0.15, -0.1) is 0 Å². The molecule has 0 saturated heterocycles. The first-order chi connectivity index (χ1) is 9.19. The maximum atomic E-state index is 11.9. The molecule has 0 aliphatic heterocycles. The Kier molecular flexibility index (Phi) is 4.29. The summed E-state index contributed by atoms with van der Waals surface area (Å²) in [6.07, 6.45) is 1.57. The van der Waals surface area contributed by atoms with E-state index in [2.05, 4.69) is 22.1 Å². The summed E-state index contributed by atoms with van der Waals surface area (Å²) in [5.41, 5.74) is 1.69. The maximum absolute atomic E-state index is 11.9. The number of aryl methyl sites for hydroxylation is 1. The van der Waals surface area contributed by atoms with Crippen molar-refractivity contribution >= 4 is 22.4 Å². The highest BCUT2D eigenvalue weighted by Gasteiger charge is 2.08. The van der Waals surface area contributed by atoms with Crippen molar-refractivity contribution in [3.63, 3.8) is 0 Å². The minimum atomic E-state index is -0.198. The number of aromatic nitrogens is 1. The summed E-state index contributed by atoms with van der Waals surface area (Å²) in [6.45, 7) is 1.78. The Labute approximate surface area is 115 Å². The number of hydrogen-bond donors (Lipinski definition) is 2. The van der Waals surface area contributed by atoms with E-state index in [-0.39, 0.29) is 12.5 Å². The van der Waals surface area contributed by atoms with Crippen LogP contribution in [0.15, 0.2) is 30.5 Å². The largest absolute Gasteiger partial charge is 0.384 e. The molecule has 2 aromatic rings. The van der Waals surface area contributed by atoms with E-state index < -0.39 is 0 Å². The predicted molar refractivity (Wildman–Crippen MR) is 75.2 cm³/mol. The Morgan fingerprint density at radius 1 is 1.42 bits per heavy atom. The second kappa shape index (κ2) is 6.14. The smallest absolute Gasteiger partial charge is 0.257 e. The number of aliphatic hydroxyl groups excluding tert-OH is 1. The number of amides is 1. The molecule has 0 fully saturated rings. The zero-order valence-corrected chi connectivity index (χ0v) is 11.1. The molecule has 19 heavy (non-hydrogen) atoms. The highest BCUT2D eigenvalue weighted by molar-refractivity contribution is 7.16. The molecule has 96 valence electrons. The van der Waals surface area contributed by atoms with Crippen LogP contribution in [0, 0.1) is 18.8 Å². The molecular formula is C14H12N2O2S. The van der Waals surface area contributed by atoms with Gasteiger partial charge in [0.05, 0.1) is 11.1 Å². The molecule has 0 bridgehead atoms. The number of carbonyl (C=O) groups excluding carboxylic acids is 1.